The molecule has 31 heavy (non-hydrogen) atoms. The molecule has 10 nitrogen and oxygen atoms in total. The third-order valence-electron chi connectivity index (χ3n) is 4.47. The van der Waals surface area contributed by atoms with Crippen LogP contribution in [0.3, 0.4) is 0 Å². The lowest BCUT2D eigenvalue weighted by Gasteiger charge is -2.07. The number of fused-ring (bicyclic) bond motifs is 3. The molecule has 0 radical (unpaired) electrons. The molecule has 0 unspecified atom stereocenters. The summed E-state index contributed by atoms with van der Waals surface area (Å²) in [5.41, 5.74) is 4.54. The minimum atomic E-state index is 0.399. The smallest absolute Gasteiger partial charge is 0.187 e. The topological polar surface area (TPSA) is 133 Å². The number of nitrogens with zero attached hydrogens (tertiary/aromatic N) is 7. The fourth-order valence-electron chi connectivity index (χ4n) is 3.02. The number of halogens is 3. The molecule has 0 atom stereocenters. The number of H-pyrrole nitrogens is 2. The second kappa shape index (κ2) is 8.29. The van der Waals surface area contributed by atoms with Crippen molar-refractivity contribution in [2.45, 2.75) is 6.54 Å². The summed E-state index contributed by atoms with van der Waals surface area (Å²) < 4.78 is 1.47. The molecule has 1 aromatic carbocycles. The molecule has 0 spiro atoms. The van der Waals surface area contributed by atoms with Gasteiger partial charge in [-0.05, 0) is 55.1 Å². The predicted molar refractivity (Wildman–Crippen MR) is 125 cm³/mol. The van der Waals surface area contributed by atoms with E-state index >= 15 is 0 Å². The number of hydrogen-bond acceptors (Lipinski definition) is 8. The largest absolute Gasteiger partial charge is 0.339 e. The molecule has 13 heteroatoms. The van der Waals surface area contributed by atoms with Gasteiger partial charge in [-0.3, -0.25) is 15.2 Å². The van der Waals surface area contributed by atoms with Crippen molar-refractivity contribution in [3.05, 3.63) is 56.3 Å². The number of anilines is 2. The van der Waals surface area contributed by atoms with Gasteiger partial charge >= 0.3 is 0 Å². The van der Waals surface area contributed by atoms with Crippen LogP contribution in [0.5, 0.6) is 0 Å². The molecule has 0 bridgehead atoms. The Morgan fingerprint density at radius 3 is 2.39 bits per heavy atom. The van der Waals surface area contributed by atoms with Gasteiger partial charge in [0.05, 0.1) is 17.3 Å². The first-order valence-electron chi connectivity index (χ1n) is 8.84. The summed E-state index contributed by atoms with van der Waals surface area (Å²) in [6.45, 7) is 0.765. The number of aliphatic imine (C=N–C) groups is 1. The third-order valence-corrected chi connectivity index (χ3v) is 5.90. The summed E-state index contributed by atoms with van der Waals surface area (Å²) in [6.07, 6.45) is 4.76. The van der Waals surface area contributed by atoms with Crippen molar-refractivity contribution in [2.24, 2.45) is 4.99 Å². The summed E-state index contributed by atoms with van der Waals surface area (Å²) in [6, 6.07) is 6.16. The van der Waals surface area contributed by atoms with Crippen molar-refractivity contribution in [1.82, 2.24) is 40.3 Å². The predicted octanol–water partition coefficient (Wildman–Crippen LogP) is 4.56. The van der Waals surface area contributed by atoms with E-state index in [2.05, 4.69) is 94.6 Å². The van der Waals surface area contributed by atoms with Crippen molar-refractivity contribution in [1.29, 1.82) is 0 Å². The van der Waals surface area contributed by atoms with E-state index < -0.39 is 0 Å². The molecule has 0 saturated heterocycles. The Hall–Kier alpha value is -2.96. The fraction of sp³-hybridized carbons (Fsp3) is 0.0556. The highest BCUT2D eigenvalue weighted by Gasteiger charge is 2.12. The molecule has 0 fully saturated rings. The fourth-order valence-corrected chi connectivity index (χ4v) is 4.26. The highest BCUT2D eigenvalue weighted by Crippen LogP contribution is 2.29. The Morgan fingerprint density at radius 1 is 0.903 bits per heavy atom. The summed E-state index contributed by atoms with van der Waals surface area (Å²) in [5, 5.41) is 18.8. The zero-order valence-corrected chi connectivity index (χ0v) is 19.4. The SMILES string of the molecule is Brc1[nH]nc2ncnc(Nc3ccc4c(c3)C=NC4)c12.Clc1ncnc2n[nH]c(Br)c12. The van der Waals surface area contributed by atoms with Gasteiger partial charge in [0.15, 0.2) is 11.3 Å². The molecule has 1 aliphatic heterocycles. The van der Waals surface area contributed by atoms with Gasteiger partial charge in [0.2, 0.25) is 0 Å². The van der Waals surface area contributed by atoms with Crippen molar-refractivity contribution >= 4 is 83.2 Å². The van der Waals surface area contributed by atoms with Gasteiger partial charge in [-0.25, -0.2) is 19.9 Å². The van der Waals surface area contributed by atoms with Crippen LogP contribution in [0, 0.1) is 0 Å². The Kier molecular flexibility index (Phi) is 5.34. The van der Waals surface area contributed by atoms with Crippen molar-refractivity contribution in [3.63, 3.8) is 0 Å². The Balaban J connectivity index is 0.000000157. The molecule has 3 N–H and O–H groups in total. The number of aromatic amines is 2. The molecule has 5 aromatic rings. The van der Waals surface area contributed by atoms with E-state index in [4.69, 9.17) is 11.6 Å². The number of benzene rings is 1. The average molecular weight is 563 g/mol. The van der Waals surface area contributed by atoms with Crippen molar-refractivity contribution in [2.75, 3.05) is 5.32 Å². The summed E-state index contributed by atoms with van der Waals surface area (Å²) in [5.74, 6) is 0.713. The molecule has 154 valence electrons. The molecule has 6 rings (SSSR count). The second-order valence-corrected chi connectivity index (χ2v) is 8.31. The van der Waals surface area contributed by atoms with Crippen LogP contribution in [-0.4, -0.2) is 46.5 Å². The first-order chi connectivity index (χ1) is 15.1. The van der Waals surface area contributed by atoms with E-state index in [1.807, 2.05) is 12.3 Å². The average Bonchev–Trinajstić information content (AvgIpc) is 3.48. The van der Waals surface area contributed by atoms with E-state index in [0.717, 1.165) is 27.8 Å². The first kappa shape index (κ1) is 20.0. The van der Waals surface area contributed by atoms with Crippen LogP contribution in [0.25, 0.3) is 22.1 Å². The Morgan fingerprint density at radius 2 is 1.61 bits per heavy atom. The lowest BCUT2D eigenvalue weighted by atomic mass is 10.1. The van der Waals surface area contributed by atoms with Gasteiger partial charge in [0.1, 0.15) is 32.8 Å². The summed E-state index contributed by atoms with van der Waals surface area (Å²) in [4.78, 5) is 20.4. The van der Waals surface area contributed by atoms with E-state index in [9.17, 15) is 0 Å². The summed E-state index contributed by atoms with van der Waals surface area (Å²) in [7, 11) is 0. The number of aromatic nitrogens is 8. The second-order valence-electron chi connectivity index (χ2n) is 6.37. The number of rotatable bonds is 2. The van der Waals surface area contributed by atoms with Gasteiger partial charge in [-0.2, -0.15) is 10.2 Å². The van der Waals surface area contributed by atoms with Gasteiger partial charge < -0.3 is 5.32 Å². The van der Waals surface area contributed by atoms with Gasteiger partial charge in [-0.1, -0.05) is 17.7 Å². The van der Waals surface area contributed by atoms with Crippen LogP contribution in [0.4, 0.5) is 11.5 Å². The molecule has 0 saturated carbocycles. The maximum Gasteiger partial charge on any atom is 0.187 e. The standard InChI is InChI=1S/C13H9BrN6.C5H2BrClN4/c14-11-10-12(16-6-17-13(10)20-19-11)18-9-2-1-7-4-15-5-8(7)3-9;6-3-2-4(7)8-1-9-5(2)11-10-3/h1-3,5-6H,4H2,(H2,16,17,18,19,20);1H,(H,8,9,10,11). The minimum Gasteiger partial charge on any atom is -0.339 e. The van der Waals surface area contributed by atoms with Crippen LogP contribution < -0.4 is 5.32 Å². The van der Waals surface area contributed by atoms with Crippen molar-refractivity contribution in [3.8, 4) is 0 Å². The van der Waals surface area contributed by atoms with Crippen LogP contribution in [-0.2, 0) is 6.54 Å². The van der Waals surface area contributed by atoms with Crippen LogP contribution >= 0.6 is 43.5 Å². The maximum absolute atomic E-state index is 5.76. The van der Waals surface area contributed by atoms with Gasteiger partial charge in [0, 0.05) is 11.9 Å². The highest BCUT2D eigenvalue weighted by atomic mass is 79.9. The van der Waals surface area contributed by atoms with Gasteiger partial charge in [0.25, 0.3) is 0 Å². The van der Waals surface area contributed by atoms with Gasteiger partial charge in [-0.15, -0.1) is 0 Å². The van der Waals surface area contributed by atoms with E-state index in [1.54, 1.807) is 0 Å². The summed E-state index contributed by atoms with van der Waals surface area (Å²) >= 11 is 12.4. The molecule has 4 aromatic heterocycles. The maximum atomic E-state index is 5.76. The molecule has 0 aliphatic carbocycles. The molecular formula is C18H11Br2ClN10. The third kappa shape index (κ3) is 3.89. The van der Waals surface area contributed by atoms with E-state index in [0.29, 0.717) is 32.3 Å². The normalized spacial score (nSPS) is 12.1. The molecule has 0 amide bonds. The molecule has 5 heterocycles. The highest BCUT2D eigenvalue weighted by molar-refractivity contribution is 9.10. The quantitative estimate of drug-likeness (QED) is 0.269. The minimum absolute atomic E-state index is 0.399. The zero-order chi connectivity index (χ0) is 21.4. The monoisotopic (exact) mass is 560 g/mol. The van der Waals surface area contributed by atoms with Crippen molar-refractivity contribution < 1.29 is 0 Å². The lowest BCUT2D eigenvalue weighted by molar-refractivity contribution is 1.07. The molecule has 1 aliphatic rings. The Labute approximate surface area is 196 Å². The van der Waals surface area contributed by atoms with Crippen LogP contribution in [0.1, 0.15) is 11.1 Å². The van der Waals surface area contributed by atoms with E-state index in [1.165, 1.54) is 18.2 Å². The first-order valence-corrected chi connectivity index (χ1v) is 10.8. The lowest BCUT2D eigenvalue weighted by Crippen LogP contribution is -1.96. The van der Waals surface area contributed by atoms with Crippen LogP contribution in [0.15, 0.2) is 45.1 Å². The van der Waals surface area contributed by atoms with Crippen LogP contribution in [0.2, 0.25) is 5.15 Å². The number of hydrogen-bond donors (Lipinski definition) is 3. The number of nitrogens with one attached hydrogen (secondary N) is 3. The zero-order valence-electron chi connectivity index (χ0n) is 15.4. The molecular weight excluding hydrogens is 552 g/mol. The Bertz CT molecular complexity index is 1440. The van der Waals surface area contributed by atoms with E-state index in [-0.39, 0.29) is 0 Å².